The lowest BCUT2D eigenvalue weighted by Gasteiger charge is -2.33. The standard InChI is InChI=1S/C20H23F2NO/c21-18-6-4-16(5-7-18)17-3-1-12-23(15-17)13-2-14-24-20-10-8-19(22)9-11-20/h4-11,17H,1-3,12-15H2. The summed E-state index contributed by atoms with van der Waals surface area (Å²) >= 11 is 0. The van der Waals surface area contributed by atoms with Gasteiger partial charge < -0.3 is 9.64 Å². The van der Waals surface area contributed by atoms with Crippen LogP contribution in [0, 0.1) is 11.6 Å². The minimum atomic E-state index is -0.248. The molecule has 1 unspecified atom stereocenters. The molecule has 0 amide bonds. The number of nitrogens with zero attached hydrogens (tertiary/aromatic N) is 1. The number of benzene rings is 2. The molecule has 3 rings (SSSR count). The maximum absolute atomic E-state index is 13.1. The minimum absolute atomic E-state index is 0.177. The Hall–Kier alpha value is -1.94. The van der Waals surface area contributed by atoms with E-state index >= 15 is 0 Å². The summed E-state index contributed by atoms with van der Waals surface area (Å²) in [6.45, 7) is 3.73. The fourth-order valence-electron chi connectivity index (χ4n) is 3.27. The fourth-order valence-corrected chi connectivity index (χ4v) is 3.27. The highest BCUT2D eigenvalue weighted by atomic mass is 19.1. The normalized spacial score (nSPS) is 18.5. The summed E-state index contributed by atoms with van der Waals surface area (Å²) in [5.74, 6) is 0.767. The summed E-state index contributed by atoms with van der Waals surface area (Å²) in [5.41, 5.74) is 1.23. The third-order valence-corrected chi connectivity index (χ3v) is 4.55. The van der Waals surface area contributed by atoms with E-state index in [2.05, 4.69) is 4.90 Å². The van der Waals surface area contributed by atoms with Gasteiger partial charge in [-0.2, -0.15) is 0 Å². The molecule has 1 aliphatic heterocycles. The molecule has 0 spiro atoms. The molecule has 1 saturated heterocycles. The van der Waals surface area contributed by atoms with Crippen LogP contribution in [0.25, 0.3) is 0 Å². The lowest BCUT2D eigenvalue weighted by atomic mass is 9.90. The summed E-state index contributed by atoms with van der Waals surface area (Å²) in [4.78, 5) is 2.45. The second-order valence-electron chi connectivity index (χ2n) is 6.35. The molecule has 24 heavy (non-hydrogen) atoms. The third kappa shape index (κ3) is 4.78. The summed E-state index contributed by atoms with van der Waals surface area (Å²) in [6.07, 6.45) is 3.27. The molecule has 2 aromatic rings. The van der Waals surface area contributed by atoms with E-state index in [9.17, 15) is 8.78 Å². The van der Waals surface area contributed by atoms with E-state index in [-0.39, 0.29) is 11.6 Å². The van der Waals surface area contributed by atoms with Gasteiger partial charge in [0, 0.05) is 13.1 Å². The van der Waals surface area contributed by atoms with Crippen molar-refractivity contribution < 1.29 is 13.5 Å². The van der Waals surface area contributed by atoms with Crippen LogP contribution in [0.15, 0.2) is 48.5 Å². The first-order chi connectivity index (χ1) is 11.7. The summed E-state index contributed by atoms with van der Waals surface area (Å²) < 4.78 is 31.5. The molecule has 128 valence electrons. The van der Waals surface area contributed by atoms with E-state index in [1.54, 1.807) is 24.3 Å². The highest BCUT2D eigenvalue weighted by Crippen LogP contribution is 2.27. The smallest absolute Gasteiger partial charge is 0.123 e. The molecule has 0 aliphatic carbocycles. The molecule has 1 fully saturated rings. The Morgan fingerprint density at radius 3 is 2.33 bits per heavy atom. The molecule has 0 bridgehead atoms. The van der Waals surface area contributed by atoms with Crippen molar-refractivity contribution in [3.63, 3.8) is 0 Å². The number of rotatable bonds is 6. The topological polar surface area (TPSA) is 12.5 Å². The number of ether oxygens (including phenoxy) is 1. The first kappa shape index (κ1) is 16.9. The molecule has 2 nitrogen and oxygen atoms in total. The number of likely N-dealkylation sites (tertiary alicyclic amines) is 1. The predicted octanol–water partition coefficient (Wildman–Crippen LogP) is 4.61. The van der Waals surface area contributed by atoms with Crippen LogP contribution in [0.1, 0.15) is 30.7 Å². The van der Waals surface area contributed by atoms with Gasteiger partial charge in [-0.25, -0.2) is 8.78 Å². The summed E-state index contributed by atoms with van der Waals surface area (Å²) in [7, 11) is 0. The van der Waals surface area contributed by atoms with E-state index in [4.69, 9.17) is 4.74 Å². The minimum Gasteiger partial charge on any atom is -0.494 e. The van der Waals surface area contributed by atoms with Crippen LogP contribution in [0.2, 0.25) is 0 Å². The molecule has 0 radical (unpaired) electrons. The molecular weight excluding hydrogens is 308 g/mol. The second kappa shape index (κ2) is 8.25. The van der Waals surface area contributed by atoms with Gasteiger partial charge in [0.15, 0.2) is 0 Å². The van der Waals surface area contributed by atoms with Crippen molar-refractivity contribution in [2.45, 2.75) is 25.2 Å². The molecule has 2 aromatic carbocycles. The Balaban J connectivity index is 1.42. The molecule has 0 N–H and O–H groups in total. The van der Waals surface area contributed by atoms with Crippen LogP contribution >= 0.6 is 0 Å². The number of halogens is 2. The van der Waals surface area contributed by atoms with Crippen molar-refractivity contribution >= 4 is 0 Å². The van der Waals surface area contributed by atoms with Crippen LogP contribution in [-0.2, 0) is 0 Å². The van der Waals surface area contributed by atoms with E-state index in [1.807, 2.05) is 12.1 Å². The van der Waals surface area contributed by atoms with Crippen molar-refractivity contribution in [2.75, 3.05) is 26.2 Å². The third-order valence-electron chi connectivity index (χ3n) is 4.55. The maximum Gasteiger partial charge on any atom is 0.123 e. The molecule has 0 saturated carbocycles. The lowest BCUT2D eigenvalue weighted by molar-refractivity contribution is 0.189. The van der Waals surface area contributed by atoms with E-state index in [0.29, 0.717) is 18.3 Å². The fraction of sp³-hybridized carbons (Fsp3) is 0.400. The van der Waals surface area contributed by atoms with Crippen molar-refractivity contribution in [1.82, 2.24) is 4.90 Å². The Morgan fingerprint density at radius 1 is 0.958 bits per heavy atom. The molecule has 4 heteroatoms. The van der Waals surface area contributed by atoms with Crippen molar-refractivity contribution in [3.05, 3.63) is 65.7 Å². The van der Waals surface area contributed by atoms with E-state index in [0.717, 1.165) is 32.5 Å². The van der Waals surface area contributed by atoms with Crippen LogP contribution < -0.4 is 4.74 Å². The summed E-state index contributed by atoms with van der Waals surface area (Å²) in [6, 6.07) is 13.0. The van der Waals surface area contributed by atoms with Crippen molar-refractivity contribution in [1.29, 1.82) is 0 Å². The first-order valence-electron chi connectivity index (χ1n) is 8.57. The second-order valence-corrected chi connectivity index (χ2v) is 6.35. The monoisotopic (exact) mass is 331 g/mol. The van der Waals surface area contributed by atoms with Gasteiger partial charge in [0.1, 0.15) is 17.4 Å². The van der Waals surface area contributed by atoms with Crippen LogP contribution in [-0.4, -0.2) is 31.1 Å². The van der Waals surface area contributed by atoms with Gasteiger partial charge in [-0.1, -0.05) is 12.1 Å². The Morgan fingerprint density at radius 2 is 1.62 bits per heavy atom. The van der Waals surface area contributed by atoms with Gasteiger partial charge in [-0.05, 0) is 73.7 Å². The number of piperidine rings is 1. The molecular formula is C20H23F2NO. The Kier molecular flexibility index (Phi) is 5.81. The number of hydrogen-bond acceptors (Lipinski definition) is 2. The van der Waals surface area contributed by atoms with Crippen molar-refractivity contribution in [2.24, 2.45) is 0 Å². The first-order valence-corrected chi connectivity index (χ1v) is 8.57. The zero-order chi connectivity index (χ0) is 16.8. The van der Waals surface area contributed by atoms with Gasteiger partial charge in [-0.3, -0.25) is 0 Å². The average molecular weight is 331 g/mol. The van der Waals surface area contributed by atoms with E-state index < -0.39 is 0 Å². The molecule has 0 aromatic heterocycles. The molecule has 1 heterocycles. The van der Waals surface area contributed by atoms with Gasteiger partial charge in [-0.15, -0.1) is 0 Å². The number of hydrogen-bond donors (Lipinski definition) is 0. The molecule has 1 atom stereocenters. The predicted molar refractivity (Wildman–Crippen MR) is 91.3 cm³/mol. The van der Waals surface area contributed by atoms with E-state index in [1.165, 1.54) is 24.1 Å². The summed E-state index contributed by atoms with van der Waals surface area (Å²) in [5, 5.41) is 0. The van der Waals surface area contributed by atoms with Gasteiger partial charge in [0.25, 0.3) is 0 Å². The lowest BCUT2D eigenvalue weighted by Crippen LogP contribution is -2.35. The highest BCUT2D eigenvalue weighted by molar-refractivity contribution is 5.22. The zero-order valence-corrected chi connectivity index (χ0v) is 13.8. The quantitative estimate of drug-likeness (QED) is 0.717. The SMILES string of the molecule is Fc1ccc(OCCCN2CCCC(c3ccc(F)cc3)C2)cc1. The van der Waals surface area contributed by atoms with Crippen LogP contribution in [0.3, 0.4) is 0 Å². The van der Waals surface area contributed by atoms with Gasteiger partial charge in [0.2, 0.25) is 0 Å². The largest absolute Gasteiger partial charge is 0.494 e. The van der Waals surface area contributed by atoms with Gasteiger partial charge in [0.05, 0.1) is 6.61 Å². The van der Waals surface area contributed by atoms with Gasteiger partial charge >= 0.3 is 0 Å². The maximum atomic E-state index is 13.1. The Labute approximate surface area is 142 Å². The van der Waals surface area contributed by atoms with Crippen LogP contribution in [0.4, 0.5) is 8.78 Å². The Bertz CT molecular complexity index is 627. The zero-order valence-electron chi connectivity index (χ0n) is 13.8. The highest BCUT2D eigenvalue weighted by Gasteiger charge is 2.20. The average Bonchev–Trinajstić information content (AvgIpc) is 2.61. The molecule has 1 aliphatic rings. The van der Waals surface area contributed by atoms with Crippen LogP contribution in [0.5, 0.6) is 5.75 Å². The van der Waals surface area contributed by atoms with Crippen molar-refractivity contribution in [3.8, 4) is 5.75 Å².